The van der Waals surface area contributed by atoms with Gasteiger partial charge in [0.25, 0.3) is 0 Å². The number of Topliss-reactive ketones (excluding diaryl/α,β-unsaturated/α-hetero) is 1. The quantitative estimate of drug-likeness (QED) is 0.723. The van der Waals surface area contributed by atoms with Crippen molar-refractivity contribution in [2.75, 3.05) is 6.54 Å². The second-order valence-electron chi connectivity index (χ2n) is 2.32. The van der Waals surface area contributed by atoms with Gasteiger partial charge in [0.2, 0.25) is 5.78 Å². The Labute approximate surface area is 71.3 Å². The smallest absolute Gasteiger partial charge is 0.419 e. The molecule has 13 heavy (non-hydrogen) atoms. The Kier molecular flexibility index (Phi) is 2.42. The molecule has 0 amide bonds. The van der Waals surface area contributed by atoms with Gasteiger partial charge in [0, 0.05) is 0 Å². The number of hydrogen-bond acceptors (Lipinski definition) is 3. The predicted molar refractivity (Wildman–Crippen MR) is 37.1 cm³/mol. The van der Waals surface area contributed by atoms with Gasteiger partial charge in [-0.3, -0.25) is 4.79 Å². The molecule has 0 aliphatic carbocycles. The second-order valence-corrected chi connectivity index (χ2v) is 2.32. The zero-order chi connectivity index (χ0) is 10.1. The van der Waals surface area contributed by atoms with Crippen LogP contribution in [0, 0.1) is 0 Å². The molecule has 72 valence electrons. The number of hydrogen-bond donors (Lipinski definition) is 1. The van der Waals surface area contributed by atoms with Crippen molar-refractivity contribution >= 4 is 5.78 Å². The molecule has 1 rings (SSSR count). The molecule has 0 unspecified atom stereocenters. The molecule has 0 saturated heterocycles. The van der Waals surface area contributed by atoms with Crippen molar-refractivity contribution in [2.45, 2.75) is 6.18 Å². The van der Waals surface area contributed by atoms with Crippen LogP contribution >= 0.6 is 0 Å². The van der Waals surface area contributed by atoms with Crippen LogP contribution in [-0.4, -0.2) is 12.3 Å². The van der Waals surface area contributed by atoms with Gasteiger partial charge in [-0.25, -0.2) is 0 Å². The van der Waals surface area contributed by atoms with Crippen LogP contribution in [0.5, 0.6) is 0 Å². The maximum absolute atomic E-state index is 12.0. The van der Waals surface area contributed by atoms with E-state index in [-0.39, 0.29) is 12.3 Å². The SMILES string of the molecule is NCC(=O)c1cc(C(F)(F)F)co1. The molecule has 0 fully saturated rings. The van der Waals surface area contributed by atoms with Gasteiger partial charge in [-0.15, -0.1) is 0 Å². The second kappa shape index (κ2) is 3.21. The van der Waals surface area contributed by atoms with Crippen molar-refractivity contribution in [1.82, 2.24) is 0 Å². The molecule has 0 saturated carbocycles. The maximum atomic E-state index is 12.0. The number of ketones is 1. The van der Waals surface area contributed by atoms with Gasteiger partial charge in [0.1, 0.15) is 6.26 Å². The van der Waals surface area contributed by atoms with E-state index in [1.54, 1.807) is 0 Å². The molecule has 0 bridgehead atoms. The minimum absolute atomic E-state index is 0.366. The Morgan fingerprint density at radius 3 is 2.54 bits per heavy atom. The summed E-state index contributed by atoms with van der Waals surface area (Å²) in [5.41, 5.74) is 3.95. The van der Waals surface area contributed by atoms with E-state index in [0.717, 1.165) is 0 Å². The van der Waals surface area contributed by atoms with Crippen LogP contribution in [0.2, 0.25) is 0 Å². The summed E-state index contributed by atoms with van der Waals surface area (Å²) in [6, 6.07) is 0.634. The van der Waals surface area contributed by atoms with E-state index >= 15 is 0 Å². The van der Waals surface area contributed by atoms with E-state index in [1.165, 1.54) is 0 Å². The Morgan fingerprint density at radius 2 is 2.15 bits per heavy atom. The first kappa shape index (κ1) is 9.79. The van der Waals surface area contributed by atoms with E-state index in [4.69, 9.17) is 5.73 Å². The molecule has 0 aliphatic rings. The fraction of sp³-hybridized carbons (Fsp3) is 0.286. The summed E-state index contributed by atoms with van der Waals surface area (Å²) in [7, 11) is 0. The van der Waals surface area contributed by atoms with Crippen LogP contribution in [0.25, 0.3) is 0 Å². The lowest BCUT2D eigenvalue weighted by molar-refractivity contribution is -0.137. The Balaban J connectivity index is 2.93. The van der Waals surface area contributed by atoms with E-state index in [2.05, 4.69) is 4.42 Å². The Bertz CT molecular complexity index is 316. The molecule has 6 heteroatoms. The van der Waals surface area contributed by atoms with Crippen molar-refractivity contribution in [3.63, 3.8) is 0 Å². The molecule has 0 spiro atoms. The van der Waals surface area contributed by atoms with Crippen molar-refractivity contribution in [3.05, 3.63) is 23.7 Å². The minimum Gasteiger partial charge on any atom is -0.461 e. The van der Waals surface area contributed by atoms with Gasteiger partial charge in [-0.1, -0.05) is 0 Å². The maximum Gasteiger partial charge on any atom is 0.419 e. The van der Waals surface area contributed by atoms with Crippen molar-refractivity contribution < 1.29 is 22.4 Å². The molecule has 0 atom stereocenters. The third-order valence-corrected chi connectivity index (χ3v) is 1.39. The Hall–Kier alpha value is -1.30. The van der Waals surface area contributed by atoms with Crippen molar-refractivity contribution in [3.8, 4) is 0 Å². The molecular weight excluding hydrogens is 187 g/mol. The Morgan fingerprint density at radius 1 is 1.54 bits per heavy atom. The zero-order valence-electron chi connectivity index (χ0n) is 6.39. The number of alkyl halides is 3. The van der Waals surface area contributed by atoms with Gasteiger partial charge in [0.15, 0.2) is 5.76 Å². The normalized spacial score (nSPS) is 11.7. The molecule has 0 radical (unpaired) electrons. The number of halogens is 3. The van der Waals surface area contributed by atoms with E-state index < -0.39 is 17.5 Å². The highest BCUT2D eigenvalue weighted by molar-refractivity contribution is 5.95. The predicted octanol–water partition coefficient (Wildman–Crippen LogP) is 1.44. The van der Waals surface area contributed by atoms with Crippen LogP contribution in [0.1, 0.15) is 16.1 Å². The number of carbonyl (C=O) groups is 1. The molecule has 2 N–H and O–H groups in total. The van der Waals surface area contributed by atoms with Crippen LogP contribution in [-0.2, 0) is 6.18 Å². The molecule has 3 nitrogen and oxygen atoms in total. The summed E-state index contributed by atoms with van der Waals surface area (Å²) in [5.74, 6) is -1.02. The summed E-state index contributed by atoms with van der Waals surface area (Å²) < 4.78 is 40.3. The number of rotatable bonds is 2. The van der Waals surface area contributed by atoms with Crippen LogP contribution in [0.3, 0.4) is 0 Å². The fourth-order valence-corrected chi connectivity index (χ4v) is 0.732. The van der Waals surface area contributed by atoms with Gasteiger partial charge < -0.3 is 10.2 Å². The van der Waals surface area contributed by atoms with Crippen LogP contribution in [0.15, 0.2) is 16.7 Å². The molecule has 1 heterocycles. The largest absolute Gasteiger partial charge is 0.461 e. The lowest BCUT2D eigenvalue weighted by atomic mass is 10.2. The summed E-state index contributed by atoms with van der Waals surface area (Å²) in [4.78, 5) is 10.8. The fourth-order valence-electron chi connectivity index (χ4n) is 0.732. The van der Waals surface area contributed by atoms with E-state index in [0.29, 0.717) is 12.3 Å². The zero-order valence-corrected chi connectivity index (χ0v) is 6.39. The van der Waals surface area contributed by atoms with E-state index in [1.807, 2.05) is 0 Å². The average molecular weight is 193 g/mol. The highest BCUT2D eigenvalue weighted by Gasteiger charge is 2.33. The van der Waals surface area contributed by atoms with Crippen molar-refractivity contribution in [2.24, 2.45) is 5.73 Å². The first-order chi connectivity index (χ1) is 5.95. The van der Waals surface area contributed by atoms with Gasteiger partial charge in [-0.05, 0) is 6.07 Å². The van der Waals surface area contributed by atoms with Gasteiger partial charge in [-0.2, -0.15) is 13.2 Å². The highest BCUT2D eigenvalue weighted by Crippen LogP contribution is 2.30. The minimum atomic E-state index is -4.49. The summed E-state index contributed by atoms with van der Waals surface area (Å²) in [6.07, 6.45) is -4.00. The lowest BCUT2D eigenvalue weighted by Crippen LogP contribution is -2.12. The van der Waals surface area contributed by atoms with Gasteiger partial charge >= 0.3 is 6.18 Å². The third-order valence-electron chi connectivity index (χ3n) is 1.39. The number of furan rings is 1. The number of nitrogens with two attached hydrogens (primary N) is 1. The number of carbonyl (C=O) groups excluding carboxylic acids is 1. The first-order valence-corrected chi connectivity index (χ1v) is 3.34. The molecule has 0 aliphatic heterocycles. The molecular formula is C7H6F3NO2. The molecule has 1 aromatic rings. The van der Waals surface area contributed by atoms with Crippen LogP contribution < -0.4 is 5.73 Å². The molecule has 0 aromatic carbocycles. The summed E-state index contributed by atoms with van der Waals surface area (Å²) in [6.45, 7) is -0.370. The van der Waals surface area contributed by atoms with Gasteiger partial charge in [0.05, 0.1) is 12.1 Å². The first-order valence-electron chi connectivity index (χ1n) is 3.34. The monoisotopic (exact) mass is 193 g/mol. The highest BCUT2D eigenvalue weighted by atomic mass is 19.4. The average Bonchev–Trinajstić information content (AvgIpc) is 2.50. The molecule has 1 aromatic heterocycles. The lowest BCUT2D eigenvalue weighted by Gasteiger charge is -1.99. The van der Waals surface area contributed by atoms with E-state index in [9.17, 15) is 18.0 Å². The standard InChI is InChI=1S/C7H6F3NO2/c8-7(9,10)4-1-6(13-3-4)5(12)2-11/h1,3H,2,11H2. The topological polar surface area (TPSA) is 56.2 Å². The summed E-state index contributed by atoms with van der Waals surface area (Å²) in [5, 5.41) is 0. The van der Waals surface area contributed by atoms with Crippen molar-refractivity contribution in [1.29, 1.82) is 0 Å². The summed E-state index contributed by atoms with van der Waals surface area (Å²) >= 11 is 0. The van der Waals surface area contributed by atoms with Crippen LogP contribution in [0.4, 0.5) is 13.2 Å². The third kappa shape index (κ3) is 2.09.